The Labute approximate surface area is 331 Å². The fraction of sp³-hybridized carbons (Fsp3) is 0.500. The molecule has 1 aliphatic heterocycles. The predicted octanol–water partition coefficient (Wildman–Crippen LogP) is 7.55. The van der Waals surface area contributed by atoms with E-state index in [1.165, 1.54) is 4.31 Å². The number of aliphatic hydroxyl groups is 2. The number of unbranched alkanes of at least 4 members (excludes halogenated alkanes) is 2. The highest BCUT2D eigenvalue weighted by atomic mass is 32.2. The van der Waals surface area contributed by atoms with Crippen LogP contribution in [0.1, 0.15) is 77.2 Å². The van der Waals surface area contributed by atoms with Crippen LogP contribution in [0.15, 0.2) is 102 Å². The Kier molecular flexibility index (Phi) is 13.1. The first-order valence-electron chi connectivity index (χ1n) is 19.7. The molecular formula is C44H57N3O8S. The summed E-state index contributed by atoms with van der Waals surface area (Å²) < 4.78 is 51.7. The molecular weight excluding hydrogens is 731 g/mol. The van der Waals surface area contributed by atoms with E-state index in [9.17, 15) is 10.2 Å². The summed E-state index contributed by atoms with van der Waals surface area (Å²) in [5.74, 6) is -0.976. The third kappa shape index (κ3) is 8.31. The molecule has 2 aromatic carbocycles. The van der Waals surface area contributed by atoms with Gasteiger partial charge in [-0.15, -0.1) is 6.58 Å². The van der Waals surface area contributed by atoms with E-state index < -0.39 is 33.4 Å². The molecule has 11 nitrogen and oxygen atoms in total. The molecule has 1 saturated carbocycles. The van der Waals surface area contributed by atoms with E-state index in [1.807, 2.05) is 51.1 Å². The van der Waals surface area contributed by atoms with Gasteiger partial charge in [-0.05, 0) is 94.2 Å². The Morgan fingerprint density at radius 1 is 1.02 bits per heavy atom. The second-order valence-corrected chi connectivity index (χ2v) is 17.9. The van der Waals surface area contributed by atoms with E-state index in [2.05, 4.69) is 24.2 Å². The summed E-state index contributed by atoms with van der Waals surface area (Å²) in [7, 11) is -2.65. The minimum atomic E-state index is -4.23. The van der Waals surface area contributed by atoms with Crippen molar-refractivity contribution in [3.8, 4) is 11.5 Å². The van der Waals surface area contributed by atoms with Crippen molar-refractivity contribution in [2.75, 3.05) is 33.5 Å². The second-order valence-electron chi connectivity index (χ2n) is 15.9. The monoisotopic (exact) mass is 787 g/mol. The highest BCUT2D eigenvalue weighted by Crippen LogP contribution is 2.62. The Hall–Kier alpha value is -4.07. The van der Waals surface area contributed by atoms with Crippen LogP contribution in [0, 0.1) is 17.8 Å². The van der Waals surface area contributed by atoms with Crippen molar-refractivity contribution < 1.29 is 37.7 Å². The number of hydrogen-bond donors (Lipinski definition) is 2. The van der Waals surface area contributed by atoms with Gasteiger partial charge in [0, 0.05) is 49.7 Å². The normalized spacial score (nSPS) is 25.2. The molecule has 3 aliphatic rings. The Morgan fingerprint density at radius 2 is 1.75 bits per heavy atom. The topological polar surface area (TPSA) is 140 Å². The van der Waals surface area contributed by atoms with Crippen LogP contribution in [0.5, 0.6) is 11.5 Å². The van der Waals surface area contributed by atoms with Crippen LogP contribution in [0.3, 0.4) is 0 Å². The van der Waals surface area contributed by atoms with Gasteiger partial charge >= 0.3 is 0 Å². The van der Waals surface area contributed by atoms with Crippen molar-refractivity contribution in [1.82, 2.24) is 9.29 Å². The Balaban J connectivity index is 1.62. The van der Waals surface area contributed by atoms with Crippen molar-refractivity contribution in [3.63, 3.8) is 0 Å². The Morgan fingerprint density at radius 3 is 2.46 bits per heavy atom. The van der Waals surface area contributed by atoms with Gasteiger partial charge in [-0.3, -0.25) is 4.98 Å². The summed E-state index contributed by atoms with van der Waals surface area (Å²) in [4.78, 5) is 10.7. The maximum atomic E-state index is 15.0. The first-order chi connectivity index (χ1) is 26.9. The van der Waals surface area contributed by atoms with Crippen LogP contribution in [0.25, 0.3) is 10.9 Å². The zero-order valence-electron chi connectivity index (χ0n) is 33.1. The maximum absolute atomic E-state index is 15.0. The quantitative estimate of drug-likeness (QED) is 0.0760. The SMILES string of the molecule is C=CCOc1ccc2c(c1)C1C(CCCCO)C(CCCCO)C=C3C(=NOC(C)(C)C)CC(N(C)S(=O)(=O)c4cccc5cccnc45)C(OCC=C)(O2)C31. The summed E-state index contributed by atoms with van der Waals surface area (Å²) in [6.45, 7) is 14.2. The maximum Gasteiger partial charge on any atom is 0.245 e. The van der Waals surface area contributed by atoms with Crippen LogP contribution >= 0.6 is 0 Å². The average Bonchev–Trinajstić information content (AvgIpc) is 3.18. The molecule has 0 radical (unpaired) electrons. The van der Waals surface area contributed by atoms with Crippen molar-refractivity contribution in [3.05, 3.63) is 97.3 Å². The number of allylic oxidation sites excluding steroid dienone is 1. The molecule has 2 N–H and O–H groups in total. The number of hydrogen-bond acceptors (Lipinski definition) is 10. The fourth-order valence-electron chi connectivity index (χ4n) is 8.75. The van der Waals surface area contributed by atoms with E-state index in [1.54, 1.807) is 43.6 Å². The zero-order chi connectivity index (χ0) is 40.1. The minimum absolute atomic E-state index is 0.0331. The lowest BCUT2D eigenvalue weighted by atomic mass is 9.55. The number of nitrogens with zero attached hydrogens (tertiary/aromatic N) is 3. The molecule has 12 heteroatoms. The van der Waals surface area contributed by atoms with Crippen molar-refractivity contribution in [2.24, 2.45) is 22.9 Å². The third-order valence-corrected chi connectivity index (χ3v) is 13.0. The van der Waals surface area contributed by atoms with E-state index in [0.717, 1.165) is 36.8 Å². The van der Waals surface area contributed by atoms with Crippen LogP contribution in [-0.2, 0) is 19.6 Å². The summed E-state index contributed by atoms with van der Waals surface area (Å²) in [5, 5.41) is 25.2. The number of aromatic nitrogens is 1. The minimum Gasteiger partial charge on any atom is -0.490 e. The molecule has 6 atom stereocenters. The summed E-state index contributed by atoms with van der Waals surface area (Å²) in [6.07, 6.45) is 11.9. The van der Waals surface area contributed by atoms with Crippen LogP contribution in [-0.4, -0.2) is 84.5 Å². The summed E-state index contributed by atoms with van der Waals surface area (Å²) in [5.41, 5.74) is 2.20. The van der Waals surface area contributed by atoms with E-state index in [4.69, 9.17) is 24.2 Å². The van der Waals surface area contributed by atoms with Gasteiger partial charge in [-0.2, -0.15) is 4.31 Å². The third-order valence-electron chi connectivity index (χ3n) is 11.1. The second kappa shape index (κ2) is 17.6. The van der Waals surface area contributed by atoms with Crippen LogP contribution < -0.4 is 9.47 Å². The smallest absolute Gasteiger partial charge is 0.245 e. The number of fused-ring (bicyclic) bond motifs is 3. The number of benzene rings is 2. The van der Waals surface area contributed by atoms with Gasteiger partial charge < -0.3 is 29.3 Å². The van der Waals surface area contributed by atoms with E-state index in [-0.39, 0.29) is 48.9 Å². The van der Waals surface area contributed by atoms with Gasteiger partial charge in [0.2, 0.25) is 15.8 Å². The largest absolute Gasteiger partial charge is 0.490 e. The molecule has 302 valence electrons. The summed E-state index contributed by atoms with van der Waals surface area (Å²) >= 11 is 0. The summed E-state index contributed by atoms with van der Waals surface area (Å²) in [6, 6.07) is 13.6. The van der Waals surface area contributed by atoms with Crippen molar-refractivity contribution in [2.45, 2.75) is 94.0 Å². The molecule has 0 spiro atoms. The lowest BCUT2D eigenvalue weighted by molar-refractivity contribution is -0.250. The fourth-order valence-corrected chi connectivity index (χ4v) is 10.3. The van der Waals surface area contributed by atoms with E-state index in [0.29, 0.717) is 47.6 Å². The van der Waals surface area contributed by atoms with Gasteiger partial charge in [-0.1, -0.05) is 61.0 Å². The molecule has 0 amide bonds. The van der Waals surface area contributed by atoms with Crippen molar-refractivity contribution in [1.29, 1.82) is 0 Å². The number of pyridine rings is 1. The van der Waals surface area contributed by atoms with Gasteiger partial charge in [0.1, 0.15) is 28.6 Å². The molecule has 6 unspecified atom stereocenters. The van der Waals surface area contributed by atoms with Crippen molar-refractivity contribution >= 4 is 26.6 Å². The number of oxime groups is 1. The number of rotatable bonds is 18. The lowest BCUT2D eigenvalue weighted by Crippen LogP contribution is -2.69. The molecule has 0 saturated heterocycles. The van der Waals surface area contributed by atoms with Gasteiger partial charge in [-0.25, -0.2) is 8.42 Å². The molecule has 2 heterocycles. The van der Waals surface area contributed by atoms with E-state index >= 15 is 8.42 Å². The first-order valence-corrected chi connectivity index (χ1v) is 21.2. The molecule has 0 bridgehead atoms. The number of para-hydroxylation sites is 1. The van der Waals surface area contributed by atoms with Crippen LogP contribution in [0.2, 0.25) is 0 Å². The standard InChI is InChI=1S/C44H57N3O8S/c1-7-25-52-32-20-21-37-35(28-32)40-33(18-10-12-24-49)31(15-9-11-23-48)27-34-36(46-55-43(3,4)5)29-39(44(54-37,41(34)40)53-26-8-2)47(6)56(50,51)38-19-13-16-30-17-14-22-45-42(30)38/h7-8,13-14,16-17,19-22,27-28,31,33,39-41,48-49H,1-2,9-12,15,18,23-26,29H2,3-6H3. The highest BCUT2D eigenvalue weighted by Gasteiger charge is 2.65. The number of likely N-dealkylation sites (N-methyl/N-ethyl adjacent to an activating group) is 1. The number of sulfonamides is 1. The zero-order valence-corrected chi connectivity index (χ0v) is 33.9. The predicted molar refractivity (Wildman–Crippen MR) is 218 cm³/mol. The molecule has 1 fully saturated rings. The van der Waals surface area contributed by atoms with Gasteiger partial charge in [0.15, 0.2) is 0 Å². The molecule has 1 aromatic heterocycles. The van der Waals surface area contributed by atoms with Crippen LogP contribution in [0.4, 0.5) is 0 Å². The lowest BCUT2D eigenvalue weighted by Gasteiger charge is -2.59. The highest BCUT2D eigenvalue weighted by molar-refractivity contribution is 7.89. The molecule has 56 heavy (non-hydrogen) atoms. The Bertz CT molecular complexity index is 2040. The van der Waals surface area contributed by atoms with Gasteiger partial charge in [0.05, 0.1) is 29.8 Å². The number of ether oxygens (including phenoxy) is 3. The average molecular weight is 788 g/mol. The molecule has 2 aliphatic carbocycles. The first kappa shape index (κ1) is 41.6. The van der Waals surface area contributed by atoms with Gasteiger partial charge in [0.25, 0.3) is 0 Å². The number of aliphatic hydroxyl groups excluding tert-OH is 2. The molecule has 6 rings (SSSR count). The molecule has 3 aromatic rings.